The van der Waals surface area contributed by atoms with Gasteiger partial charge in [-0.3, -0.25) is 9.80 Å². The second-order valence-electron chi connectivity index (χ2n) is 7.32. The van der Waals surface area contributed by atoms with E-state index in [9.17, 15) is 5.11 Å². The van der Waals surface area contributed by atoms with Crippen molar-refractivity contribution >= 4 is 0 Å². The Morgan fingerprint density at radius 1 is 0.963 bits per heavy atom. The minimum absolute atomic E-state index is 0.0848. The smallest absolute Gasteiger partial charge is 0.122 e. The van der Waals surface area contributed by atoms with Gasteiger partial charge < -0.3 is 9.84 Å². The molecule has 0 spiro atoms. The van der Waals surface area contributed by atoms with Gasteiger partial charge in [0.2, 0.25) is 0 Å². The molecule has 2 aromatic carbocycles. The maximum absolute atomic E-state index is 10.6. The van der Waals surface area contributed by atoms with E-state index in [1.807, 2.05) is 24.3 Å². The first-order chi connectivity index (χ1) is 13.2. The van der Waals surface area contributed by atoms with Crippen molar-refractivity contribution in [3.05, 3.63) is 65.7 Å². The van der Waals surface area contributed by atoms with Gasteiger partial charge in [0.05, 0.1) is 12.1 Å². The van der Waals surface area contributed by atoms with Crippen LogP contribution in [0.4, 0.5) is 0 Å². The predicted molar refractivity (Wildman–Crippen MR) is 110 cm³/mol. The summed E-state index contributed by atoms with van der Waals surface area (Å²) < 4.78 is 5.94. The van der Waals surface area contributed by atoms with Crippen molar-refractivity contribution in [2.75, 3.05) is 39.3 Å². The van der Waals surface area contributed by atoms with Crippen molar-refractivity contribution in [2.45, 2.75) is 32.4 Å². The van der Waals surface area contributed by atoms with E-state index in [0.717, 1.165) is 44.9 Å². The summed E-state index contributed by atoms with van der Waals surface area (Å²) in [5.74, 6) is 0.978. The fourth-order valence-electron chi connectivity index (χ4n) is 3.82. The number of aliphatic hydroxyl groups excluding tert-OH is 1. The van der Waals surface area contributed by atoms with E-state index in [1.54, 1.807) is 0 Å². The molecule has 0 amide bonds. The van der Waals surface area contributed by atoms with Crippen LogP contribution in [0.3, 0.4) is 0 Å². The third kappa shape index (κ3) is 5.32. The number of benzene rings is 2. The van der Waals surface area contributed by atoms with Crippen LogP contribution in [0, 0.1) is 6.92 Å². The number of nitrogens with zero attached hydrogens (tertiary/aromatic N) is 2. The molecule has 2 atom stereocenters. The zero-order chi connectivity index (χ0) is 19.1. The molecule has 2 unspecified atom stereocenters. The Morgan fingerprint density at radius 2 is 1.63 bits per heavy atom. The van der Waals surface area contributed by atoms with Gasteiger partial charge >= 0.3 is 0 Å². The van der Waals surface area contributed by atoms with E-state index in [4.69, 9.17) is 4.74 Å². The van der Waals surface area contributed by atoms with Crippen LogP contribution in [0.15, 0.2) is 54.6 Å². The van der Waals surface area contributed by atoms with Gasteiger partial charge in [0.1, 0.15) is 12.4 Å². The summed E-state index contributed by atoms with van der Waals surface area (Å²) in [6.45, 7) is 9.76. The zero-order valence-corrected chi connectivity index (χ0v) is 16.6. The van der Waals surface area contributed by atoms with Crippen LogP contribution < -0.4 is 4.74 Å². The Bertz CT molecular complexity index is 684. The second kappa shape index (κ2) is 9.88. The Morgan fingerprint density at radius 3 is 2.30 bits per heavy atom. The number of hydrogen-bond acceptors (Lipinski definition) is 4. The van der Waals surface area contributed by atoms with Gasteiger partial charge in [0, 0.05) is 32.7 Å². The highest BCUT2D eigenvalue weighted by molar-refractivity contribution is 5.31. The molecule has 1 heterocycles. The summed E-state index contributed by atoms with van der Waals surface area (Å²) in [6, 6.07) is 18.7. The molecule has 0 aliphatic carbocycles. The minimum atomic E-state index is -0.330. The summed E-state index contributed by atoms with van der Waals surface area (Å²) in [6.07, 6.45) is 0.438. The van der Waals surface area contributed by atoms with Gasteiger partial charge in [0.15, 0.2) is 0 Å². The molecule has 146 valence electrons. The Kier molecular flexibility index (Phi) is 7.27. The van der Waals surface area contributed by atoms with Crippen molar-refractivity contribution in [2.24, 2.45) is 0 Å². The van der Waals surface area contributed by atoms with Crippen LogP contribution in [0.25, 0.3) is 0 Å². The number of para-hydroxylation sites is 1. The first-order valence-corrected chi connectivity index (χ1v) is 10.1. The molecule has 4 nitrogen and oxygen atoms in total. The van der Waals surface area contributed by atoms with Gasteiger partial charge in [-0.1, -0.05) is 55.5 Å². The van der Waals surface area contributed by atoms with Crippen LogP contribution in [-0.2, 0) is 0 Å². The SMILES string of the molecule is CCC(O)C(c1ccccc1)N1CCN(CCOc2ccccc2C)CC1. The molecule has 1 N–H and O–H groups in total. The summed E-state index contributed by atoms with van der Waals surface area (Å²) in [7, 11) is 0. The van der Waals surface area contributed by atoms with Gasteiger partial charge in [-0.15, -0.1) is 0 Å². The fourth-order valence-corrected chi connectivity index (χ4v) is 3.82. The zero-order valence-electron chi connectivity index (χ0n) is 16.6. The van der Waals surface area contributed by atoms with Crippen molar-refractivity contribution in [3.8, 4) is 5.75 Å². The van der Waals surface area contributed by atoms with Crippen molar-refractivity contribution < 1.29 is 9.84 Å². The lowest BCUT2D eigenvalue weighted by Crippen LogP contribution is -2.50. The molecular weight excluding hydrogens is 336 g/mol. The summed E-state index contributed by atoms with van der Waals surface area (Å²) in [5, 5.41) is 10.6. The topological polar surface area (TPSA) is 35.9 Å². The van der Waals surface area contributed by atoms with E-state index in [1.165, 1.54) is 11.1 Å². The summed E-state index contributed by atoms with van der Waals surface area (Å²) in [5.41, 5.74) is 2.39. The number of aliphatic hydroxyl groups is 1. The molecular formula is C23H32N2O2. The van der Waals surface area contributed by atoms with Crippen LogP contribution >= 0.6 is 0 Å². The highest BCUT2D eigenvalue weighted by atomic mass is 16.5. The third-order valence-electron chi connectivity index (χ3n) is 5.48. The van der Waals surface area contributed by atoms with E-state index < -0.39 is 0 Å². The molecule has 2 aromatic rings. The average Bonchev–Trinajstić information content (AvgIpc) is 2.71. The molecule has 0 bridgehead atoms. The Hall–Kier alpha value is -1.88. The normalized spacial score (nSPS) is 18.2. The van der Waals surface area contributed by atoms with E-state index >= 15 is 0 Å². The number of ether oxygens (including phenoxy) is 1. The molecule has 1 aliphatic rings. The van der Waals surface area contributed by atoms with Gasteiger partial charge in [0.25, 0.3) is 0 Å². The number of hydrogen-bond donors (Lipinski definition) is 1. The molecule has 3 rings (SSSR count). The van der Waals surface area contributed by atoms with Gasteiger partial charge in [-0.2, -0.15) is 0 Å². The summed E-state index contributed by atoms with van der Waals surface area (Å²) in [4.78, 5) is 4.89. The fraction of sp³-hybridized carbons (Fsp3) is 0.478. The number of aryl methyl sites for hydroxylation is 1. The maximum Gasteiger partial charge on any atom is 0.122 e. The lowest BCUT2D eigenvalue weighted by Gasteiger charge is -2.41. The predicted octanol–water partition coefficient (Wildman–Crippen LogP) is 3.50. The molecule has 1 saturated heterocycles. The Balaban J connectivity index is 1.50. The number of rotatable bonds is 8. The Labute approximate surface area is 163 Å². The van der Waals surface area contributed by atoms with Crippen LogP contribution in [0.1, 0.15) is 30.5 Å². The molecule has 0 radical (unpaired) electrons. The highest BCUT2D eigenvalue weighted by Crippen LogP contribution is 2.27. The molecule has 0 saturated carbocycles. The minimum Gasteiger partial charge on any atom is -0.492 e. The van der Waals surface area contributed by atoms with Crippen LogP contribution in [-0.4, -0.2) is 60.3 Å². The standard InChI is InChI=1S/C23H32N2O2/c1-3-21(26)23(20-10-5-4-6-11-20)25-15-13-24(14-16-25)17-18-27-22-12-8-7-9-19(22)2/h4-12,21,23,26H,3,13-18H2,1-2H3. The third-order valence-corrected chi connectivity index (χ3v) is 5.48. The van der Waals surface area contributed by atoms with Crippen molar-refractivity contribution in [1.29, 1.82) is 0 Å². The van der Waals surface area contributed by atoms with Gasteiger partial charge in [-0.25, -0.2) is 0 Å². The second-order valence-corrected chi connectivity index (χ2v) is 7.32. The first-order valence-electron chi connectivity index (χ1n) is 10.1. The quantitative estimate of drug-likeness (QED) is 0.774. The molecule has 27 heavy (non-hydrogen) atoms. The van der Waals surface area contributed by atoms with E-state index in [2.05, 4.69) is 54.0 Å². The first kappa shape index (κ1) is 19.9. The largest absolute Gasteiger partial charge is 0.492 e. The number of piperazine rings is 1. The van der Waals surface area contributed by atoms with Crippen LogP contribution in [0.5, 0.6) is 5.75 Å². The van der Waals surface area contributed by atoms with Crippen LogP contribution in [0.2, 0.25) is 0 Å². The molecule has 4 heteroatoms. The van der Waals surface area contributed by atoms with E-state index in [0.29, 0.717) is 6.61 Å². The summed E-state index contributed by atoms with van der Waals surface area (Å²) >= 11 is 0. The highest BCUT2D eigenvalue weighted by Gasteiger charge is 2.29. The van der Waals surface area contributed by atoms with E-state index in [-0.39, 0.29) is 12.1 Å². The molecule has 0 aromatic heterocycles. The van der Waals surface area contributed by atoms with Crippen molar-refractivity contribution in [1.82, 2.24) is 9.80 Å². The average molecular weight is 369 g/mol. The lowest BCUT2D eigenvalue weighted by molar-refractivity contribution is 0.0138. The molecule has 1 fully saturated rings. The monoisotopic (exact) mass is 368 g/mol. The lowest BCUT2D eigenvalue weighted by atomic mass is 9.97. The van der Waals surface area contributed by atoms with Gasteiger partial charge in [-0.05, 0) is 30.5 Å². The van der Waals surface area contributed by atoms with Crippen molar-refractivity contribution in [3.63, 3.8) is 0 Å². The maximum atomic E-state index is 10.6. The molecule has 1 aliphatic heterocycles.